The van der Waals surface area contributed by atoms with Crippen molar-refractivity contribution in [1.29, 1.82) is 11.1 Å². The minimum Gasteiger partial charge on any atom is -0.508 e. The third kappa shape index (κ3) is 22.1. The number of phenolic OH excluding ortho intramolecular Hbond substituents is 1. The van der Waals surface area contributed by atoms with Crippen LogP contribution < -0.4 is 11.7 Å². The molecule has 1 aromatic heterocycles. The molecule has 0 unspecified atom stereocenters. The van der Waals surface area contributed by atoms with Gasteiger partial charge in [0.25, 0.3) is 0 Å². The van der Waals surface area contributed by atoms with Crippen LogP contribution >= 0.6 is 11.3 Å². The molecule has 2 aromatic rings. The molecule has 0 aliphatic rings. The highest BCUT2D eigenvalue weighted by molar-refractivity contribution is 7.07. The van der Waals surface area contributed by atoms with E-state index in [1.54, 1.807) is 35.6 Å². The second-order valence-corrected chi connectivity index (χ2v) is 3.73. The fourth-order valence-electron chi connectivity index (χ4n) is 0.721. The Morgan fingerprint density at radius 3 is 1.45 bits per heavy atom. The van der Waals surface area contributed by atoms with Gasteiger partial charge in [-0.3, -0.25) is 0 Å². The number of nitrogens with one attached hydrogen (secondary N) is 2. The van der Waals surface area contributed by atoms with Crippen LogP contribution in [0.2, 0.25) is 0 Å². The van der Waals surface area contributed by atoms with E-state index in [1.165, 1.54) is 0 Å². The van der Waals surface area contributed by atoms with E-state index in [0.717, 1.165) is 12.7 Å². The third-order valence-electron chi connectivity index (χ3n) is 1.43. The zero-order valence-electron chi connectivity index (χ0n) is 11.6. The van der Waals surface area contributed by atoms with E-state index in [-0.39, 0.29) is 0 Å². The van der Waals surface area contributed by atoms with Crippen LogP contribution in [-0.2, 0) is 0 Å². The lowest BCUT2D eigenvalue weighted by atomic mass is 10.3. The van der Waals surface area contributed by atoms with Gasteiger partial charge in [0.1, 0.15) is 5.75 Å². The van der Waals surface area contributed by atoms with Gasteiger partial charge in [0.05, 0.1) is 0 Å². The molecule has 0 bridgehead atoms. The quantitative estimate of drug-likeness (QED) is 0.188. The molecule has 0 amide bonds. The Morgan fingerprint density at radius 1 is 0.864 bits per heavy atom. The molecule has 22 heavy (non-hydrogen) atoms. The minimum absolute atomic E-state index is 0.322. The van der Waals surface area contributed by atoms with E-state index in [0.29, 0.717) is 5.75 Å². The van der Waals surface area contributed by atoms with E-state index in [9.17, 15) is 0 Å². The Labute approximate surface area is 132 Å². The summed E-state index contributed by atoms with van der Waals surface area (Å²) in [6, 6.07) is 12.7. The van der Waals surface area contributed by atoms with Crippen LogP contribution in [0, 0.1) is 11.1 Å². The van der Waals surface area contributed by atoms with Crippen LogP contribution in [0.25, 0.3) is 0 Å². The van der Waals surface area contributed by atoms with Gasteiger partial charge in [0.2, 0.25) is 0 Å². The third-order valence-corrected chi connectivity index (χ3v) is 2.06. The molecular weight excluding hydrogens is 304 g/mol. The summed E-state index contributed by atoms with van der Waals surface area (Å²) < 4.78 is 0. The topological polar surface area (TPSA) is 169 Å². The maximum Gasteiger partial charge on any atom is 0.156 e. The fraction of sp³-hybridized carbons (Fsp3) is 0. The van der Waals surface area contributed by atoms with Crippen LogP contribution in [0.15, 0.2) is 73.7 Å². The smallest absolute Gasteiger partial charge is 0.156 e. The molecule has 2 rings (SSSR count). The summed E-state index contributed by atoms with van der Waals surface area (Å²) in [4.78, 5) is 0. The highest BCUT2D eigenvalue weighted by atomic mass is 32.1. The zero-order valence-corrected chi connectivity index (χ0v) is 12.5. The average molecular weight is 322 g/mol. The highest BCUT2D eigenvalue weighted by Gasteiger charge is 1.74. The van der Waals surface area contributed by atoms with Crippen molar-refractivity contribution in [3.63, 3.8) is 0 Å². The van der Waals surface area contributed by atoms with E-state index in [4.69, 9.17) is 16.2 Å². The van der Waals surface area contributed by atoms with Crippen LogP contribution in [0.3, 0.4) is 0 Å². The van der Waals surface area contributed by atoms with Crippen molar-refractivity contribution in [2.45, 2.75) is 0 Å². The van der Waals surface area contributed by atoms with E-state index < -0.39 is 0 Å². The predicted octanol–water partition coefficient (Wildman–Crippen LogP) is 2.98. The standard InChI is InChI=1S/C6H6O.C4H4S.2CH4N4/c7-6-4-2-1-3-5-6;1-2-4-5-3-1;2*2-4-1-5-3/h1-5,7H;1-4H;2*1-2H,3H2. The lowest BCUT2D eigenvalue weighted by molar-refractivity contribution is 0.475. The highest BCUT2D eigenvalue weighted by Crippen LogP contribution is 2.02. The predicted molar refractivity (Wildman–Crippen MR) is 88.1 cm³/mol. The number of thiophene rings is 1. The largest absolute Gasteiger partial charge is 0.508 e. The van der Waals surface area contributed by atoms with Gasteiger partial charge in [-0.05, 0) is 22.9 Å². The van der Waals surface area contributed by atoms with Crippen LogP contribution in [-0.4, -0.2) is 17.8 Å². The molecule has 0 radical (unpaired) electrons. The normalized spacial score (nSPS) is 8.55. The van der Waals surface area contributed by atoms with Crippen molar-refractivity contribution in [2.24, 2.45) is 32.1 Å². The summed E-state index contributed by atoms with van der Waals surface area (Å²) in [6.07, 6.45) is 1.89. The van der Waals surface area contributed by atoms with Crippen LogP contribution in [0.4, 0.5) is 0 Å². The molecule has 0 aliphatic carbocycles. The van der Waals surface area contributed by atoms with Crippen molar-refractivity contribution >= 4 is 24.0 Å². The maximum absolute atomic E-state index is 8.63. The van der Waals surface area contributed by atoms with Gasteiger partial charge in [-0.25, -0.2) is 11.1 Å². The number of rotatable bonds is 2. The first-order chi connectivity index (χ1) is 10.7. The number of aromatic hydroxyl groups is 1. The molecule has 0 saturated heterocycles. The molecular formula is C12H18N8OS. The first kappa shape index (κ1) is 21.2. The number of nitrogens with zero attached hydrogens (tertiary/aromatic N) is 4. The molecule has 0 spiro atoms. The molecule has 118 valence electrons. The fourth-order valence-corrected chi connectivity index (χ4v) is 1.18. The average Bonchev–Trinajstić information content (AvgIpc) is 3.10. The minimum atomic E-state index is 0.322. The Hall–Kier alpha value is -3.14. The molecule has 0 fully saturated rings. The van der Waals surface area contributed by atoms with Crippen LogP contribution in [0.1, 0.15) is 0 Å². The number of hydrazone groups is 2. The lowest BCUT2D eigenvalue weighted by Crippen LogP contribution is -1.75. The van der Waals surface area contributed by atoms with Gasteiger partial charge in [-0.15, -0.1) is 10.2 Å². The van der Waals surface area contributed by atoms with Gasteiger partial charge in [-0.2, -0.15) is 21.5 Å². The summed E-state index contributed by atoms with van der Waals surface area (Å²) in [5, 5.41) is 23.8. The van der Waals surface area contributed by atoms with E-state index in [1.807, 2.05) is 29.0 Å². The number of hydrogen-bond donors (Lipinski definition) is 5. The van der Waals surface area contributed by atoms with Crippen molar-refractivity contribution in [3.8, 4) is 5.75 Å². The molecule has 10 heteroatoms. The SMILES string of the molecule is N=NC=NN.N=NC=NN.Oc1ccccc1.c1ccsc1. The molecule has 0 aliphatic heterocycles. The van der Waals surface area contributed by atoms with Crippen molar-refractivity contribution in [3.05, 3.63) is 53.2 Å². The van der Waals surface area contributed by atoms with Gasteiger partial charge < -0.3 is 16.8 Å². The lowest BCUT2D eigenvalue weighted by Gasteiger charge is -1.82. The zero-order chi connectivity index (χ0) is 16.9. The van der Waals surface area contributed by atoms with Gasteiger partial charge in [-0.1, -0.05) is 30.3 Å². The monoisotopic (exact) mass is 322 g/mol. The van der Waals surface area contributed by atoms with Crippen molar-refractivity contribution in [1.82, 2.24) is 0 Å². The Kier molecular flexibility index (Phi) is 19.4. The number of phenols is 1. The maximum atomic E-state index is 8.63. The van der Waals surface area contributed by atoms with Crippen molar-refractivity contribution in [2.75, 3.05) is 0 Å². The van der Waals surface area contributed by atoms with Gasteiger partial charge in [0, 0.05) is 0 Å². The second-order valence-electron chi connectivity index (χ2n) is 2.92. The molecule has 9 nitrogen and oxygen atoms in total. The second kappa shape index (κ2) is 20.2. The number of nitrogens with two attached hydrogens (primary N) is 2. The summed E-state index contributed by atoms with van der Waals surface area (Å²) in [7, 11) is 0. The van der Waals surface area contributed by atoms with Gasteiger partial charge in [0.15, 0.2) is 12.7 Å². The first-order valence-electron chi connectivity index (χ1n) is 5.60. The summed E-state index contributed by atoms with van der Waals surface area (Å²) in [5.41, 5.74) is 12.0. The van der Waals surface area contributed by atoms with Crippen molar-refractivity contribution < 1.29 is 5.11 Å². The summed E-state index contributed by atoms with van der Waals surface area (Å²) in [5.74, 6) is 9.31. The van der Waals surface area contributed by atoms with Gasteiger partial charge >= 0.3 is 0 Å². The van der Waals surface area contributed by atoms with E-state index in [2.05, 4.69) is 32.1 Å². The van der Waals surface area contributed by atoms with Crippen LogP contribution in [0.5, 0.6) is 5.75 Å². The Morgan fingerprint density at radius 2 is 1.32 bits per heavy atom. The number of hydrogen-bond acceptors (Lipinski definition) is 8. The number of benzene rings is 1. The molecule has 0 saturated carbocycles. The number of para-hydroxylation sites is 1. The Balaban J connectivity index is 0. The molecule has 1 aromatic carbocycles. The molecule has 7 N–H and O–H groups in total. The summed E-state index contributed by atoms with van der Waals surface area (Å²) >= 11 is 1.71. The Bertz CT molecular complexity index is 468. The molecule has 1 heterocycles. The molecule has 0 atom stereocenters. The summed E-state index contributed by atoms with van der Waals surface area (Å²) in [6.45, 7) is 0. The first-order valence-corrected chi connectivity index (χ1v) is 6.54. The van der Waals surface area contributed by atoms with E-state index >= 15 is 0 Å².